The third kappa shape index (κ3) is 3.07. The summed E-state index contributed by atoms with van der Waals surface area (Å²) in [5, 5.41) is 3.91. The SMILES string of the molecule is CC=CC(=O)Nc1cnc2c(c1)c(C)cn2CCCC. The Balaban J connectivity index is 2.30. The number of aryl methyl sites for hydroxylation is 2. The lowest BCUT2D eigenvalue weighted by Crippen LogP contribution is -2.08. The number of nitrogens with zero attached hydrogens (tertiary/aromatic N) is 2. The molecule has 0 saturated carbocycles. The lowest BCUT2D eigenvalue weighted by atomic mass is 10.2. The van der Waals surface area contributed by atoms with Crippen LogP contribution >= 0.6 is 0 Å². The largest absolute Gasteiger partial charge is 0.332 e. The molecule has 4 nitrogen and oxygen atoms in total. The van der Waals surface area contributed by atoms with Crippen molar-refractivity contribution < 1.29 is 4.79 Å². The first kappa shape index (κ1) is 14.3. The third-order valence-electron chi connectivity index (χ3n) is 3.25. The lowest BCUT2D eigenvalue weighted by Gasteiger charge is -2.05. The maximum absolute atomic E-state index is 11.5. The molecule has 1 N–H and O–H groups in total. The maximum atomic E-state index is 11.5. The normalized spacial score (nSPS) is 11.3. The van der Waals surface area contributed by atoms with Gasteiger partial charge in [-0.15, -0.1) is 0 Å². The average molecular weight is 271 g/mol. The van der Waals surface area contributed by atoms with Crippen LogP contribution in [-0.4, -0.2) is 15.5 Å². The van der Waals surface area contributed by atoms with Gasteiger partial charge in [0.1, 0.15) is 5.65 Å². The Morgan fingerprint density at radius 3 is 3.00 bits per heavy atom. The van der Waals surface area contributed by atoms with Gasteiger partial charge in [0.25, 0.3) is 0 Å². The number of aromatic nitrogens is 2. The van der Waals surface area contributed by atoms with Crippen LogP contribution in [0.15, 0.2) is 30.6 Å². The van der Waals surface area contributed by atoms with E-state index in [1.165, 1.54) is 11.6 Å². The van der Waals surface area contributed by atoms with Gasteiger partial charge in [0.15, 0.2) is 0 Å². The molecule has 20 heavy (non-hydrogen) atoms. The van der Waals surface area contributed by atoms with Gasteiger partial charge in [0.05, 0.1) is 11.9 Å². The predicted octanol–water partition coefficient (Wildman–Crippen LogP) is 3.66. The fourth-order valence-corrected chi connectivity index (χ4v) is 2.24. The summed E-state index contributed by atoms with van der Waals surface area (Å²) < 4.78 is 2.19. The molecule has 4 heteroatoms. The van der Waals surface area contributed by atoms with Crippen molar-refractivity contribution in [3.05, 3.63) is 36.2 Å². The van der Waals surface area contributed by atoms with Gasteiger partial charge < -0.3 is 9.88 Å². The molecular weight excluding hydrogens is 250 g/mol. The van der Waals surface area contributed by atoms with Crippen LogP contribution in [0.25, 0.3) is 11.0 Å². The van der Waals surface area contributed by atoms with E-state index in [1.807, 2.05) is 13.0 Å². The maximum Gasteiger partial charge on any atom is 0.248 e. The number of rotatable bonds is 5. The van der Waals surface area contributed by atoms with E-state index in [1.54, 1.807) is 12.3 Å². The van der Waals surface area contributed by atoms with Gasteiger partial charge in [-0.3, -0.25) is 4.79 Å². The number of hydrogen-bond donors (Lipinski definition) is 1. The van der Waals surface area contributed by atoms with Crippen molar-refractivity contribution >= 4 is 22.6 Å². The number of fused-ring (bicyclic) bond motifs is 1. The van der Waals surface area contributed by atoms with Crippen LogP contribution in [0.5, 0.6) is 0 Å². The molecule has 0 aliphatic heterocycles. The van der Waals surface area contributed by atoms with Gasteiger partial charge in [0, 0.05) is 18.1 Å². The van der Waals surface area contributed by atoms with Crippen LogP contribution in [0.4, 0.5) is 5.69 Å². The summed E-state index contributed by atoms with van der Waals surface area (Å²) in [6.45, 7) is 7.06. The van der Waals surface area contributed by atoms with E-state index in [4.69, 9.17) is 0 Å². The molecule has 0 aliphatic carbocycles. The van der Waals surface area contributed by atoms with Crippen LogP contribution < -0.4 is 5.32 Å². The number of amides is 1. The molecule has 0 unspecified atom stereocenters. The summed E-state index contributed by atoms with van der Waals surface area (Å²) in [4.78, 5) is 16.0. The highest BCUT2D eigenvalue weighted by Gasteiger charge is 2.08. The highest BCUT2D eigenvalue weighted by Crippen LogP contribution is 2.22. The Bertz CT molecular complexity index is 640. The van der Waals surface area contributed by atoms with Gasteiger partial charge in [-0.1, -0.05) is 19.4 Å². The second kappa shape index (κ2) is 6.37. The Hall–Kier alpha value is -2.10. The Morgan fingerprint density at radius 2 is 2.30 bits per heavy atom. The van der Waals surface area contributed by atoms with Crippen LogP contribution in [0.3, 0.4) is 0 Å². The number of carbonyl (C=O) groups is 1. The highest BCUT2D eigenvalue weighted by molar-refractivity contribution is 6.00. The fraction of sp³-hybridized carbons (Fsp3) is 0.375. The first-order valence-corrected chi connectivity index (χ1v) is 7.05. The monoisotopic (exact) mass is 271 g/mol. The van der Waals surface area contributed by atoms with Crippen LogP contribution in [0.1, 0.15) is 32.3 Å². The average Bonchev–Trinajstić information content (AvgIpc) is 2.73. The van der Waals surface area contributed by atoms with Crippen LogP contribution in [0.2, 0.25) is 0 Å². The van der Waals surface area contributed by atoms with E-state index in [2.05, 4.69) is 34.9 Å². The molecule has 0 bridgehead atoms. The summed E-state index contributed by atoms with van der Waals surface area (Å²) in [5.41, 5.74) is 2.91. The molecule has 2 aromatic rings. The standard InChI is InChI=1S/C16H21N3O/c1-4-6-8-19-11-12(3)14-9-13(10-17-16(14)19)18-15(20)7-5-2/h5,7,9-11H,4,6,8H2,1-3H3,(H,18,20). The molecule has 0 aromatic carbocycles. The van der Waals surface area contributed by atoms with E-state index in [9.17, 15) is 4.79 Å². The zero-order chi connectivity index (χ0) is 14.5. The summed E-state index contributed by atoms with van der Waals surface area (Å²) in [5.74, 6) is -0.128. The minimum atomic E-state index is -0.128. The van der Waals surface area contributed by atoms with Crippen molar-refractivity contribution in [2.45, 2.75) is 40.2 Å². The molecule has 2 rings (SSSR count). The molecule has 0 atom stereocenters. The number of carbonyl (C=O) groups excluding carboxylic acids is 1. The van der Waals surface area contributed by atoms with Crippen molar-refractivity contribution in [2.75, 3.05) is 5.32 Å². The Morgan fingerprint density at radius 1 is 1.50 bits per heavy atom. The highest BCUT2D eigenvalue weighted by atomic mass is 16.1. The minimum Gasteiger partial charge on any atom is -0.332 e. The number of hydrogen-bond acceptors (Lipinski definition) is 2. The molecule has 0 fully saturated rings. The van der Waals surface area contributed by atoms with Crippen molar-refractivity contribution in [1.82, 2.24) is 9.55 Å². The number of pyridine rings is 1. The molecule has 0 radical (unpaired) electrons. The quantitative estimate of drug-likeness (QED) is 0.844. The Kier molecular flexibility index (Phi) is 4.56. The number of unbranched alkanes of at least 4 members (excludes halogenated alkanes) is 1. The summed E-state index contributed by atoms with van der Waals surface area (Å²) in [6.07, 6.45) is 9.37. The molecule has 0 saturated heterocycles. The molecular formula is C16H21N3O. The van der Waals surface area contributed by atoms with E-state index >= 15 is 0 Å². The first-order chi connectivity index (χ1) is 9.65. The van der Waals surface area contributed by atoms with Crippen molar-refractivity contribution in [1.29, 1.82) is 0 Å². The number of nitrogens with one attached hydrogen (secondary N) is 1. The summed E-state index contributed by atoms with van der Waals surface area (Å²) in [6, 6.07) is 1.99. The van der Waals surface area contributed by atoms with Gasteiger partial charge in [0.2, 0.25) is 5.91 Å². The molecule has 0 aliphatic rings. The van der Waals surface area contributed by atoms with Crippen LogP contribution in [0, 0.1) is 6.92 Å². The van der Waals surface area contributed by atoms with Crippen molar-refractivity contribution in [2.24, 2.45) is 0 Å². The summed E-state index contributed by atoms with van der Waals surface area (Å²) >= 11 is 0. The third-order valence-corrected chi connectivity index (χ3v) is 3.25. The van der Waals surface area contributed by atoms with E-state index in [-0.39, 0.29) is 5.91 Å². The first-order valence-electron chi connectivity index (χ1n) is 7.05. The zero-order valence-corrected chi connectivity index (χ0v) is 12.3. The molecule has 0 spiro atoms. The van der Waals surface area contributed by atoms with Gasteiger partial charge in [-0.05, 0) is 38.0 Å². The van der Waals surface area contributed by atoms with Crippen molar-refractivity contribution in [3.63, 3.8) is 0 Å². The minimum absolute atomic E-state index is 0.128. The van der Waals surface area contributed by atoms with Gasteiger partial charge in [-0.25, -0.2) is 4.98 Å². The number of allylic oxidation sites excluding steroid dienone is 1. The second-order valence-corrected chi connectivity index (χ2v) is 4.94. The molecule has 2 aromatic heterocycles. The molecule has 1 amide bonds. The second-order valence-electron chi connectivity index (χ2n) is 4.94. The van der Waals surface area contributed by atoms with E-state index < -0.39 is 0 Å². The smallest absolute Gasteiger partial charge is 0.248 e. The Labute approximate surface area is 119 Å². The van der Waals surface area contributed by atoms with Crippen LogP contribution in [-0.2, 0) is 11.3 Å². The zero-order valence-electron chi connectivity index (χ0n) is 12.3. The predicted molar refractivity (Wildman–Crippen MR) is 82.8 cm³/mol. The van der Waals surface area contributed by atoms with E-state index in [0.29, 0.717) is 0 Å². The summed E-state index contributed by atoms with van der Waals surface area (Å²) in [7, 11) is 0. The topological polar surface area (TPSA) is 46.9 Å². The van der Waals surface area contributed by atoms with Crippen molar-refractivity contribution in [3.8, 4) is 0 Å². The molecule has 106 valence electrons. The molecule has 2 heterocycles. The lowest BCUT2D eigenvalue weighted by molar-refractivity contribution is -0.111. The number of anilines is 1. The van der Waals surface area contributed by atoms with E-state index in [0.717, 1.165) is 36.1 Å². The fourth-order valence-electron chi connectivity index (χ4n) is 2.24. The van der Waals surface area contributed by atoms with Gasteiger partial charge in [-0.2, -0.15) is 0 Å². The van der Waals surface area contributed by atoms with Gasteiger partial charge >= 0.3 is 0 Å².